The van der Waals surface area contributed by atoms with Crippen LogP contribution in [0.2, 0.25) is 0 Å². The zero-order valence-corrected chi connectivity index (χ0v) is 15.3. The number of ether oxygens (including phenoxy) is 3. The van der Waals surface area contributed by atoms with E-state index >= 15 is 0 Å². The van der Waals surface area contributed by atoms with E-state index in [9.17, 15) is 9.59 Å². The molecular weight excluding hydrogens is 346 g/mol. The van der Waals surface area contributed by atoms with Gasteiger partial charge < -0.3 is 19.5 Å². The number of hydrogen-bond acceptors (Lipinski definition) is 8. The number of thiazole rings is 1. The Morgan fingerprint density at radius 3 is 2.64 bits per heavy atom. The van der Waals surface area contributed by atoms with Crippen molar-refractivity contribution in [3.05, 3.63) is 10.6 Å². The molecule has 0 saturated carbocycles. The van der Waals surface area contributed by atoms with E-state index in [1.807, 2.05) is 0 Å². The Morgan fingerprint density at radius 2 is 2.00 bits per heavy atom. The van der Waals surface area contributed by atoms with Crippen molar-refractivity contribution in [3.8, 4) is 0 Å². The van der Waals surface area contributed by atoms with Crippen molar-refractivity contribution in [2.75, 3.05) is 44.8 Å². The number of esters is 1. The number of hydrogen-bond donors (Lipinski definition) is 1. The maximum atomic E-state index is 12.2. The Balaban J connectivity index is 1.50. The number of likely N-dealkylation sites (tertiary alicyclic amines) is 1. The third-order valence-electron chi connectivity index (χ3n) is 4.30. The van der Waals surface area contributed by atoms with Crippen molar-refractivity contribution in [3.63, 3.8) is 0 Å². The molecule has 0 bridgehead atoms. The van der Waals surface area contributed by atoms with Crippen LogP contribution < -0.4 is 5.32 Å². The summed E-state index contributed by atoms with van der Waals surface area (Å²) >= 11 is 1.14. The van der Waals surface area contributed by atoms with Crippen LogP contribution in [-0.2, 0) is 19.0 Å². The van der Waals surface area contributed by atoms with Crippen molar-refractivity contribution < 1.29 is 23.8 Å². The van der Waals surface area contributed by atoms with Crippen molar-refractivity contribution in [2.45, 2.75) is 32.5 Å². The van der Waals surface area contributed by atoms with E-state index in [-0.39, 0.29) is 12.5 Å². The molecule has 0 unspecified atom stereocenters. The lowest BCUT2D eigenvalue weighted by Gasteiger charge is -2.37. The van der Waals surface area contributed by atoms with Crippen LogP contribution in [0.4, 0.5) is 5.13 Å². The molecule has 2 saturated heterocycles. The van der Waals surface area contributed by atoms with Gasteiger partial charge in [0.05, 0.1) is 32.1 Å². The highest BCUT2D eigenvalue weighted by Gasteiger charge is 2.39. The van der Waals surface area contributed by atoms with E-state index in [4.69, 9.17) is 14.2 Å². The summed E-state index contributed by atoms with van der Waals surface area (Å²) in [5.41, 5.74) is 0.564. The fraction of sp³-hybridized carbons (Fsp3) is 0.688. The Kier molecular flexibility index (Phi) is 5.67. The number of piperidine rings is 1. The molecule has 1 spiro atoms. The van der Waals surface area contributed by atoms with Crippen LogP contribution in [0.25, 0.3) is 0 Å². The van der Waals surface area contributed by atoms with Crippen LogP contribution in [0.3, 0.4) is 0 Å². The number of aryl methyl sites for hydroxylation is 1. The number of nitrogens with zero attached hydrogens (tertiary/aromatic N) is 2. The van der Waals surface area contributed by atoms with Gasteiger partial charge in [-0.1, -0.05) is 11.3 Å². The lowest BCUT2D eigenvalue weighted by Crippen LogP contribution is -2.47. The van der Waals surface area contributed by atoms with Gasteiger partial charge in [-0.25, -0.2) is 9.78 Å². The summed E-state index contributed by atoms with van der Waals surface area (Å²) in [4.78, 5) is 30.8. The maximum absolute atomic E-state index is 12.2. The Morgan fingerprint density at radius 1 is 1.32 bits per heavy atom. The van der Waals surface area contributed by atoms with E-state index in [1.165, 1.54) is 0 Å². The summed E-state index contributed by atoms with van der Waals surface area (Å²) in [6.45, 7) is 6.85. The Hall–Kier alpha value is -1.55. The summed E-state index contributed by atoms with van der Waals surface area (Å²) in [5, 5.41) is 3.18. The van der Waals surface area contributed by atoms with Gasteiger partial charge in [-0.15, -0.1) is 0 Å². The SMILES string of the molecule is CCOC(=O)c1sc(NC(=O)CN2CCC3(CC2)OCCO3)nc1C. The van der Waals surface area contributed by atoms with Gasteiger partial charge in [0.1, 0.15) is 4.88 Å². The quantitative estimate of drug-likeness (QED) is 0.785. The lowest BCUT2D eigenvalue weighted by atomic mass is 10.0. The average molecular weight is 369 g/mol. The molecule has 0 aliphatic carbocycles. The molecule has 2 fully saturated rings. The highest BCUT2D eigenvalue weighted by Crippen LogP contribution is 2.31. The first-order valence-corrected chi connectivity index (χ1v) is 9.28. The highest BCUT2D eigenvalue weighted by molar-refractivity contribution is 7.17. The second-order valence-electron chi connectivity index (χ2n) is 6.09. The number of rotatable bonds is 5. The molecule has 0 aromatic carbocycles. The topological polar surface area (TPSA) is 90.0 Å². The molecule has 1 N–H and O–H groups in total. The lowest BCUT2D eigenvalue weighted by molar-refractivity contribution is -0.185. The third-order valence-corrected chi connectivity index (χ3v) is 5.36. The fourth-order valence-electron chi connectivity index (χ4n) is 3.04. The number of aromatic nitrogens is 1. The third kappa shape index (κ3) is 4.35. The van der Waals surface area contributed by atoms with Gasteiger partial charge in [0, 0.05) is 25.9 Å². The second kappa shape index (κ2) is 7.77. The molecule has 2 aliphatic rings. The maximum Gasteiger partial charge on any atom is 0.350 e. The van der Waals surface area contributed by atoms with Gasteiger partial charge in [-0.3, -0.25) is 9.69 Å². The molecule has 138 valence electrons. The zero-order chi connectivity index (χ0) is 17.9. The van der Waals surface area contributed by atoms with Crippen LogP contribution in [0.15, 0.2) is 0 Å². The normalized spacial score (nSPS) is 19.9. The minimum Gasteiger partial charge on any atom is -0.462 e. The molecule has 1 amide bonds. The average Bonchev–Trinajstić information content (AvgIpc) is 3.17. The summed E-state index contributed by atoms with van der Waals surface area (Å²) < 4.78 is 16.4. The van der Waals surface area contributed by atoms with Crippen LogP contribution in [0.1, 0.15) is 35.1 Å². The van der Waals surface area contributed by atoms with Crippen LogP contribution in [0, 0.1) is 6.92 Å². The number of carbonyl (C=O) groups is 2. The molecule has 2 aliphatic heterocycles. The number of nitrogens with one attached hydrogen (secondary N) is 1. The first kappa shape index (κ1) is 18.2. The fourth-order valence-corrected chi connectivity index (χ4v) is 3.91. The summed E-state index contributed by atoms with van der Waals surface area (Å²) in [6, 6.07) is 0. The predicted molar refractivity (Wildman–Crippen MR) is 91.7 cm³/mol. The molecule has 8 nitrogen and oxygen atoms in total. The molecule has 3 heterocycles. The van der Waals surface area contributed by atoms with E-state index in [0.717, 1.165) is 37.3 Å². The molecule has 0 radical (unpaired) electrons. The van der Waals surface area contributed by atoms with Crippen LogP contribution >= 0.6 is 11.3 Å². The van der Waals surface area contributed by atoms with Crippen LogP contribution in [-0.4, -0.2) is 67.0 Å². The molecule has 1 aromatic rings. The highest BCUT2D eigenvalue weighted by atomic mass is 32.1. The smallest absolute Gasteiger partial charge is 0.350 e. The monoisotopic (exact) mass is 369 g/mol. The van der Waals surface area contributed by atoms with Gasteiger partial charge in [-0.05, 0) is 13.8 Å². The van der Waals surface area contributed by atoms with Crippen molar-refractivity contribution in [1.29, 1.82) is 0 Å². The number of anilines is 1. The van der Waals surface area contributed by atoms with E-state index in [1.54, 1.807) is 13.8 Å². The molecule has 0 atom stereocenters. The first-order valence-electron chi connectivity index (χ1n) is 8.46. The molecule has 3 rings (SSSR count). The zero-order valence-electron chi connectivity index (χ0n) is 14.5. The number of carbonyl (C=O) groups excluding carboxylic acids is 2. The van der Waals surface area contributed by atoms with Crippen molar-refractivity contribution in [2.24, 2.45) is 0 Å². The summed E-state index contributed by atoms with van der Waals surface area (Å²) in [5.74, 6) is -0.988. The number of amides is 1. The molecular formula is C16H23N3O5S. The van der Waals surface area contributed by atoms with E-state index < -0.39 is 11.8 Å². The van der Waals surface area contributed by atoms with Gasteiger partial charge in [0.15, 0.2) is 10.9 Å². The minimum atomic E-state index is -0.437. The van der Waals surface area contributed by atoms with Gasteiger partial charge >= 0.3 is 5.97 Å². The predicted octanol–water partition coefficient (Wildman–Crippen LogP) is 1.41. The van der Waals surface area contributed by atoms with E-state index in [2.05, 4.69) is 15.2 Å². The van der Waals surface area contributed by atoms with Gasteiger partial charge in [0.2, 0.25) is 5.91 Å². The Labute approximate surface area is 150 Å². The summed E-state index contributed by atoms with van der Waals surface area (Å²) in [6.07, 6.45) is 1.54. The standard InChI is InChI=1S/C16H23N3O5S/c1-3-22-14(21)13-11(2)17-15(25-13)18-12(20)10-19-6-4-16(5-7-19)23-8-9-24-16/h3-10H2,1-2H3,(H,17,18,20). The van der Waals surface area contributed by atoms with Gasteiger partial charge in [0.25, 0.3) is 0 Å². The molecule has 25 heavy (non-hydrogen) atoms. The van der Waals surface area contributed by atoms with Gasteiger partial charge in [-0.2, -0.15) is 0 Å². The van der Waals surface area contributed by atoms with Crippen molar-refractivity contribution in [1.82, 2.24) is 9.88 Å². The van der Waals surface area contributed by atoms with E-state index in [0.29, 0.717) is 35.5 Å². The van der Waals surface area contributed by atoms with Crippen molar-refractivity contribution >= 4 is 28.3 Å². The summed E-state index contributed by atoms with van der Waals surface area (Å²) in [7, 11) is 0. The largest absolute Gasteiger partial charge is 0.462 e. The molecule has 9 heteroatoms. The second-order valence-corrected chi connectivity index (χ2v) is 7.09. The van der Waals surface area contributed by atoms with Crippen LogP contribution in [0.5, 0.6) is 0 Å². The minimum absolute atomic E-state index is 0.145. The Bertz CT molecular complexity index is 632. The first-order chi connectivity index (χ1) is 12.0. The molecule has 1 aromatic heterocycles.